The van der Waals surface area contributed by atoms with Crippen LogP contribution in [0.15, 0.2) is 60.7 Å². The van der Waals surface area contributed by atoms with Crippen LogP contribution in [0.25, 0.3) is 0 Å². The molecule has 1 aliphatic rings. The zero-order valence-electron chi connectivity index (χ0n) is 13.7. The number of nitrogens with two attached hydrogens (primary N) is 1. The van der Waals surface area contributed by atoms with Crippen molar-refractivity contribution >= 4 is 5.91 Å². The quantitative estimate of drug-likeness (QED) is 0.751. The summed E-state index contributed by atoms with van der Waals surface area (Å²) in [5.41, 5.74) is 14.1. The van der Waals surface area contributed by atoms with Gasteiger partial charge in [-0.05, 0) is 17.5 Å². The van der Waals surface area contributed by atoms with E-state index >= 15 is 0 Å². The lowest BCUT2D eigenvalue weighted by molar-refractivity contribution is -0.133. The maximum atomic E-state index is 12.9. The first-order valence-electron chi connectivity index (χ1n) is 8.35. The number of hydrogen-bond acceptors (Lipinski definition) is 4. The highest BCUT2D eigenvalue weighted by Gasteiger charge is 2.30. The molecule has 5 nitrogen and oxygen atoms in total. The van der Waals surface area contributed by atoms with Crippen molar-refractivity contribution in [1.29, 1.82) is 0 Å². The van der Waals surface area contributed by atoms with Gasteiger partial charge in [-0.1, -0.05) is 60.7 Å². The van der Waals surface area contributed by atoms with E-state index in [4.69, 9.17) is 5.73 Å². The van der Waals surface area contributed by atoms with Gasteiger partial charge in [0.2, 0.25) is 5.91 Å². The molecule has 0 aromatic heterocycles. The third-order valence-electron chi connectivity index (χ3n) is 4.27. The highest BCUT2D eigenvalue weighted by molar-refractivity contribution is 5.82. The second-order valence-electron chi connectivity index (χ2n) is 6.16. The zero-order valence-corrected chi connectivity index (χ0v) is 13.7. The van der Waals surface area contributed by atoms with Crippen LogP contribution in [0, 0.1) is 0 Å². The Morgan fingerprint density at radius 3 is 2.21 bits per heavy atom. The van der Waals surface area contributed by atoms with E-state index < -0.39 is 0 Å². The van der Waals surface area contributed by atoms with E-state index in [0.29, 0.717) is 19.5 Å². The van der Waals surface area contributed by atoms with Crippen molar-refractivity contribution in [3.63, 3.8) is 0 Å². The van der Waals surface area contributed by atoms with Crippen molar-refractivity contribution in [2.45, 2.75) is 31.6 Å². The van der Waals surface area contributed by atoms with Crippen LogP contribution in [-0.2, 0) is 17.8 Å². The van der Waals surface area contributed by atoms with E-state index in [1.165, 1.54) is 5.56 Å². The Balaban J connectivity index is 1.69. The van der Waals surface area contributed by atoms with Crippen LogP contribution < -0.4 is 16.6 Å². The first kappa shape index (κ1) is 16.6. The largest absolute Gasteiger partial charge is 0.337 e. The molecule has 2 aromatic carbocycles. The molecule has 1 fully saturated rings. The Morgan fingerprint density at radius 1 is 1.00 bits per heavy atom. The van der Waals surface area contributed by atoms with E-state index in [1.807, 2.05) is 41.3 Å². The van der Waals surface area contributed by atoms with Crippen molar-refractivity contribution in [3.8, 4) is 0 Å². The van der Waals surface area contributed by atoms with E-state index in [0.717, 1.165) is 12.0 Å². The second kappa shape index (κ2) is 8.06. The highest BCUT2D eigenvalue weighted by Crippen LogP contribution is 2.12. The lowest BCUT2D eigenvalue weighted by atomic mass is 10.1. The molecule has 0 aliphatic carbocycles. The van der Waals surface area contributed by atoms with Gasteiger partial charge in [0.15, 0.2) is 0 Å². The Morgan fingerprint density at radius 2 is 1.62 bits per heavy atom. The molecule has 2 unspecified atom stereocenters. The van der Waals surface area contributed by atoms with Crippen LogP contribution in [0.2, 0.25) is 0 Å². The van der Waals surface area contributed by atoms with Crippen molar-refractivity contribution in [1.82, 2.24) is 15.8 Å². The minimum Gasteiger partial charge on any atom is -0.337 e. The van der Waals surface area contributed by atoms with Crippen LogP contribution in [0.1, 0.15) is 17.5 Å². The molecule has 24 heavy (non-hydrogen) atoms. The molecular weight excluding hydrogens is 300 g/mol. The Hall–Kier alpha value is -2.21. The van der Waals surface area contributed by atoms with Gasteiger partial charge >= 0.3 is 0 Å². The molecule has 0 spiro atoms. The minimum absolute atomic E-state index is 0.0928. The molecule has 2 atom stereocenters. The SMILES string of the molecule is NC1CC(C(=O)N(CCc2ccccc2)Cc2ccccc2)NN1. The highest BCUT2D eigenvalue weighted by atomic mass is 16.2. The zero-order chi connectivity index (χ0) is 16.8. The van der Waals surface area contributed by atoms with E-state index in [9.17, 15) is 4.79 Å². The summed E-state index contributed by atoms with van der Waals surface area (Å²) in [6.07, 6.45) is 1.27. The molecule has 5 heteroatoms. The summed E-state index contributed by atoms with van der Waals surface area (Å²) in [5.74, 6) is 0.0928. The number of benzene rings is 2. The summed E-state index contributed by atoms with van der Waals surface area (Å²) in [6, 6.07) is 20.1. The number of carbonyl (C=O) groups is 1. The molecular formula is C19H24N4O. The average molecular weight is 324 g/mol. The number of nitrogens with zero attached hydrogens (tertiary/aromatic N) is 1. The normalized spacial score (nSPS) is 20.0. The Kier molecular flexibility index (Phi) is 5.59. The number of hydrazine groups is 1. The average Bonchev–Trinajstić information content (AvgIpc) is 3.06. The summed E-state index contributed by atoms with van der Waals surface area (Å²) in [4.78, 5) is 14.8. The molecule has 1 heterocycles. The summed E-state index contributed by atoms with van der Waals surface area (Å²) in [7, 11) is 0. The third kappa shape index (κ3) is 4.41. The van der Waals surface area contributed by atoms with Crippen molar-refractivity contribution in [3.05, 3.63) is 71.8 Å². The van der Waals surface area contributed by atoms with Gasteiger partial charge in [0.25, 0.3) is 0 Å². The maximum Gasteiger partial charge on any atom is 0.241 e. The van der Waals surface area contributed by atoms with Crippen LogP contribution in [0.5, 0.6) is 0 Å². The molecule has 4 N–H and O–H groups in total. The minimum atomic E-state index is -0.264. The van der Waals surface area contributed by atoms with E-state index in [1.54, 1.807) is 0 Å². The van der Waals surface area contributed by atoms with E-state index in [-0.39, 0.29) is 18.1 Å². The summed E-state index contributed by atoms with van der Waals surface area (Å²) >= 11 is 0. The van der Waals surface area contributed by atoms with Gasteiger partial charge in [-0.25, -0.2) is 10.9 Å². The lowest BCUT2D eigenvalue weighted by Gasteiger charge is -2.26. The molecule has 1 saturated heterocycles. The van der Waals surface area contributed by atoms with Crippen LogP contribution in [0.4, 0.5) is 0 Å². The van der Waals surface area contributed by atoms with Gasteiger partial charge in [0.1, 0.15) is 6.04 Å². The lowest BCUT2D eigenvalue weighted by Crippen LogP contribution is -2.46. The number of amides is 1. The fourth-order valence-corrected chi connectivity index (χ4v) is 2.94. The second-order valence-corrected chi connectivity index (χ2v) is 6.16. The molecule has 0 bridgehead atoms. The van der Waals surface area contributed by atoms with Gasteiger partial charge in [0, 0.05) is 19.5 Å². The molecule has 1 aliphatic heterocycles. The van der Waals surface area contributed by atoms with E-state index in [2.05, 4.69) is 35.1 Å². The smallest absolute Gasteiger partial charge is 0.241 e. The van der Waals surface area contributed by atoms with Crippen LogP contribution in [-0.4, -0.2) is 29.6 Å². The first-order chi connectivity index (χ1) is 11.7. The Bertz CT molecular complexity index is 647. The van der Waals surface area contributed by atoms with Gasteiger partial charge in [-0.2, -0.15) is 0 Å². The summed E-state index contributed by atoms with van der Waals surface area (Å²) in [5, 5.41) is 0. The summed E-state index contributed by atoms with van der Waals surface area (Å²) < 4.78 is 0. The van der Waals surface area contributed by atoms with Crippen molar-refractivity contribution < 1.29 is 4.79 Å². The monoisotopic (exact) mass is 324 g/mol. The molecule has 3 rings (SSSR count). The van der Waals surface area contributed by atoms with Crippen LogP contribution in [0.3, 0.4) is 0 Å². The van der Waals surface area contributed by atoms with Crippen molar-refractivity contribution in [2.24, 2.45) is 5.73 Å². The predicted octanol–water partition coefficient (Wildman–Crippen LogP) is 1.41. The molecule has 0 saturated carbocycles. The predicted molar refractivity (Wildman–Crippen MR) is 94.7 cm³/mol. The van der Waals surface area contributed by atoms with Gasteiger partial charge in [-0.15, -0.1) is 0 Å². The first-order valence-corrected chi connectivity index (χ1v) is 8.35. The number of rotatable bonds is 6. The fourth-order valence-electron chi connectivity index (χ4n) is 2.94. The molecule has 2 aromatic rings. The summed E-state index contributed by atoms with van der Waals surface area (Å²) in [6.45, 7) is 1.30. The third-order valence-corrected chi connectivity index (χ3v) is 4.27. The molecule has 126 valence electrons. The number of hydrogen-bond donors (Lipinski definition) is 3. The fraction of sp³-hybridized carbons (Fsp3) is 0.316. The van der Waals surface area contributed by atoms with Gasteiger partial charge in [-0.3, -0.25) is 4.79 Å². The molecule has 0 radical (unpaired) electrons. The Labute approximate surface area is 142 Å². The van der Waals surface area contributed by atoms with Crippen molar-refractivity contribution in [2.75, 3.05) is 6.54 Å². The number of nitrogens with one attached hydrogen (secondary N) is 2. The topological polar surface area (TPSA) is 70.4 Å². The van der Waals surface area contributed by atoms with Crippen LogP contribution >= 0.6 is 0 Å². The molecule has 1 amide bonds. The van der Waals surface area contributed by atoms with Gasteiger partial charge < -0.3 is 10.6 Å². The van der Waals surface area contributed by atoms with Gasteiger partial charge in [0.05, 0.1) is 6.17 Å². The maximum absolute atomic E-state index is 12.9. The standard InChI is InChI=1S/C19H24N4O/c20-18-13-17(21-22-18)19(24)23(14-16-9-5-2-6-10-16)12-11-15-7-3-1-4-8-15/h1-10,17-18,21-22H,11-14,20H2. The number of carbonyl (C=O) groups excluding carboxylic acids is 1.